The summed E-state index contributed by atoms with van der Waals surface area (Å²) < 4.78 is 2.01. The molecule has 1 aromatic rings. The van der Waals surface area contributed by atoms with E-state index in [9.17, 15) is 4.79 Å². The maximum atomic E-state index is 12.3. The van der Waals surface area contributed by atoms with Gasteiger partial charge in [0.25, 0.3) is 0 Å². The average Bonchev–Trinajstić information content (AvgIpc) is 2.91. The molecule has 2 N–H and O–H groups in total. The highest BCUT2D eigenvalue weighted by molar-refractivity contribution is 5.78. The molecule has 6 nitrogen and oxygen atoms in total. The highest BCUT2D eigenvalue weighted by atomic mass is 16.2. The van der Waals surface area contributed by atoms with Gasteiger partial charge in [0.1, 0.15) is 0 Å². The van der Waals surface area contributed by atoms with Gasteiger partial charge in [0, 0.05) is 45.1 Å². The predicted molar refractivity (Wildman–Crippen MR) is 82.9 cm³/mol. The molecule has 1 saturated heterocycles. The number of hydrogen-bond donors (Lipinski definition) is 2. The lowest BCUT2D eigenvalue weighted by molar-refractivity contribution is -0.124. The number of imidazole rings is 1. The predicted octanol–water partition coefficient (Wildman–Crippen LogP) is 0.319. The van der Waals surface area contributed by atoms with E-state index in [1.165, 1.54) is 0 Å². The van der Waals surface area contributed by atoms with Crippen molar-refractivity contribution in [2.24, 2.45) is 5.41 Å². The van der Waals surface area contributed by atoms with Gasteiger partial charge in [0.2, 0.25) is 5.91 Å². The number of carbonyl (C=O) groups excluding carboxylic acids is 1. The third-order valence-corrected chi connectivity index (χ3v) is 3.91. The Kier molecular flexibility index (Phi) is 5.36. The monoisotopic (exact) mass is 293 g/mol. The molecule has 2 heterocycles. The molecule has 0 saturated carbocycles. The SMILES string of the molecule is CC(C)(C)C(Cn1ccnc1)NC(=O)CN1CCNCC1. The summed E-state index contributed by atoms with van der Waals surface area (Å²) in [6.07, 6.45) is 5.49. The van der Waals surface area contributed by atoms with Crippen LogP contribution >= 0.6 is 0 Å². The Morgan fingerprint density at radius 2 is 2.10 bits per heavy atom. The van der Waals surface area contributed by atoms with Gasteiger partial charge in [-0.2, -0.15) is 0 Å². The molecule has 1 aromatic heterocycles. The van der Waals surface area contributed by atoms with Gasteiger partial charge in [0.15, 0.2) is 0 Å². The van der Waals surface area contributed by atoms with Crippen LogP contribution < -0.4 is 10.6 Å². The van der Waals surface area contributed by atoms with Gasteiger partial charge in [-0.05, 0) is 5.41 Å². The standard InChI is InChI=1S/C15H27N5O/c1-15(2,3)13(10-20-9-6-17-12-20)18-14(21)11-19-7-4-16-5-8-19/h6,9,12-13,16H,4-5,7-8,10-11H2,1-3H3,(H,18,21). The second-order valence-electron chi connectivity index (χ2n) is 6.77. The first-order valence-corrected chi connectivity index (χ1v) is 7.63. The fraction of sp³-hybridized carbons (Fsp3) is 0.733. The highest BCUT2D eigenvalue weighted by Crippen LogP contribution is 2.20. The fourth-order valence-electron chi connectivity index (χ4n) is 2.45. The van der Waals surface area contributed by atoms with E-state index >= 15 is 0 Å². The summed E-state index contributed by atoms with van der Waals surface area (Å²) in [6.45, 7) is 11.5. The molecule has 1 atom stereocenters. The van der Waals surface area contributed by atoms with Crippen LogP contribution in [0.15, 0.2) is 18.7 Å². The molecular formula is C15H27N5O. The van der Waals surface area contributed by atoms with Gasteiger partial charge in [-0.3, -0.25) is 9.69 Å². The first-order chi connectivity index (χ1) is 9.95. The summed E-state index contributed by atoms with van der Waals surface area (Å²) in [5, 5.41) is 6.49. The molecule has 0 radical (unpaired) electrons. The largest absolute Gasteiger partial charge is 0.350 e. The molecule has 6 heteroatoms. The number of nitrogens with one attached hydrogen (secondary N) is 2. The molecule has 1 aliphatic heterocycles. The molecule has 0 aliphatic carbocycles. The Morgan fingerprint density at radius 1 is 1.38 bits per heavy atom. The van der Waals surface area contributed by atoms with E-state index in [-0.39, 0.29) is 17.4 Å². The van der Waals surface area contributed by atoms with Crippen LogP contribution in [0.5, 0.6) is 0 Å². The molecule has 1 fully saturated rings. The van der Waals surface area contributed by atoms with Gasteiger partial charge in [-0.15, -0.1) is 0 Å². The van der Waals surface area contributed by atoms with Gasteiger partial charge in [0.05, 0.1) is 18.9 Å². The molecule has 0 aromatic carbocycles. The number of carbonyl (C=O) groups is 1. The quantitative estimate of drug-likeness (QED) is 0.821. The van der Waals surface area contributed by atoms with Crippen LogP contribution in [0.2, 0.25) is 0 Å². The van der Waals surface area contributed by atoms with E-state index in [0.717, 1.165) is 32.7 Å². The molecule has 0 bridgehead atoms. The minimum atomic E-state index is 0.00336. The second-order valence-corrected chi connectivity index (χ2v) is 6.77. The molecule has 1 amide bonds. The van der Waals surface area contributed by atoms with Crippen molar-refractivity contribution in [1.82, 2.24) is 25.1 Å². The summed E-state index contributed by atoms with van der Waals surface area (Å²) in [5.41, 5.74) is 0.00336. The van der Waals surface area contributed by atoms with E-state index in [4.69, 9.17) is 0 Å². The zero-order chi connectivity index (χ0) is 15.3. The first kappa shape index (κ1) is 16.0. The van der Waals surface area contributed by atoms with Gasteiger partial charge < -0.3 is 15.2 Å². The maximum Gasteiger partial charge on any atom is 0.234 e. The Balaban J connectivity index is 1.89. The first-order valence-electron chi connectivity index (χ1n) is 7.63. The Labute approximate surface area is 126 Å². The highest BCUT2D eigenvalue weighted by Gasteiger charge is 2.27. The summed E-state index contributed by atoms with van der Waals surface area (Å²) in [4.78, 5) is 18.6. The lowest BCUT2D eigenvalue weighted by atomic mass is 9.86. The molecule has 1 unspecified atom stereocenters. The van der Waals surface area contributed by atoms with Crippen LogP contribution in [0.3, 0.4) is 0 Å². The third-order valence-electron chi connectivity index (χ3n) is 3.91. The minimum Gasteiger partial charge on any atom is -0.350 e. The van der Waals surface area contributed by atoms with Crippen molar-refractivity contribution in [1.29, 1.82) is 0 Å². The van der Waals surface area contributed by atoms with Gasteiger partial charge in [-0.25, -0.2) is 4.98 Å². The Morgan fingerprint density at radius 3 is 2.67 bits per heavy atom. The van der Waals surface area contributed by atoms with Crippen molar-refractivity contribution < 1.29 is 4.79 Å². The van der Waals surface area contributed by atoms with E-state index < -0.39 is 0 Å². The molecule has 0 spiro atoms. The normalized spacial score (nSPS) is 18.4. The third kappa shape index (κ3) is 5.13. The van der Waals surface area contributed by atoms with Crippen molar-refractivity contribution >= 4 is 5.91 Å². The van der Waals surface area contributed by atoms with E-state index in [1.54, 1.807) is 12.5 Å². The number of piperazine rings is 1. The molecule has 1 aliphatic rings. The molecule has 2 rings (SSSR count). The molecule has 118 valence electrons. The Hall–Kier alpha value is -1.40. The Bertz CT molecular complexity index is 431. The topological polar surface area (TPSA) is 62.2 Å². The summed E-state index contributed by atoms with van der Waals surface area (Å²) in [5.74, 6) is 0.108. The van der Waals surface area contributed by atoms with Crippen molar-refractivity contribution in [2.45, 2.75) is 33.4 Å². The second kappa shape index (κ2) is 7.04. The zero-order valence-electron chi connectivity index (χ0n) is 13.3. The van der Waals surface area contributed by atoms with Crippen LogP contribution in [0.1, 0.15) is 20.8 Å². The van der Waals surface area contributed by atoms with Crippen molar-refractivity contribution in [3.8, 4) is 0 Å². The number of hydrogen-bond acceptors (Lipinski definition) is 4. The van der Waals surface area contributed by atoms with E-state index in [1.807, 2.05) is 10.8 Å². The molecular weight excluding hydrogens is 266 g/mol. The number of rotatable bonds is 5. The smallest absolute Gasteiger partial charge is 0.234 e. The van der Waals surface area contributed by atoms with Gasteiger partial charge >= 0.3 is 0 Å². The van der Waals surface area contributed by atoms with Crippen LogP contribution in [0, 0.1) is 5.41 Å². The summed E-state index contributed by atoms with van der Waals surface area (Å²) in [6, 6.07) is 0.0853. The van der Waals surface area contributed by atoms with E-state index in [2.05, 4.69) is 41.3 Å². The zero-order valence-corrected chi connectivity index (χ0v) is 13.3. The number of aromatic nitrogens is 2. The van der Waals surface area contributed by atoms with Gasteiger partial charge in [-0.1, -0.05) is 20.8 Å². The summed E-state index contributed by atoms with van der Waals surface area (Å²) in [7, 11) is 0. The van der Waals surface area contributed by atoms with Crippen LogP contribution in [-0.2, 0) is 11.3 Å². The number of amides is 1. The summed E-state index contributed by atoms with van der Waals surface area (Å²) >= 11 is 0. The van der Waals surface area contributed by atoms with Crippen LogP contribution in [-0.4, -0.2) is 59.1 Å². The van der Waals surface area contributed by atoms with E-state index in [0.29, 0.717) is 6.54 Å². The minimum absolute atomic E-state index is 0.00336. The number of nitrogens with zero attached hydrogens (tertiary/aromatic N) is 3. The molecule has 21 heavy (non-hydrogen) atoms. The fourth-order valence-corrected chi connectivity index (χ4v) is 2.45. The lowest BCUT2D eigenvalue weighted by Crippen LogP contribution is -2.52. The van der Waals surface area contributed by atoms with Crippen LogP contribution in [0.25, 0.3) is 0 Å². The average molecular weight is 293 g/mol. The van der Waals surface area contributed by atoms with Crippen molar-refractivity contribution in [2.75, 3.05) is 32.7 Å². The van der Waals surface area contributed by atoms with Crippen molar-refractivity contribution in [3.05, 3.63) is 18.7 Å². The van der Waals surface area contributed by atoms with Crippen molar-refractivity contribution in [3.63, 3.8) is 0 Å². The van der Waals surface area contributed by atoms with Crippen LogP contribution in [0.4, 0.5) is 0 Å². The maximum absolute atomic E-state index is 12.3. The lowest BCUT2D eigenvalue weighted by Gasteiger charge is -2.33.